The molecule has 1 aromatic carbocycles. The van der Waals surface area contributed by atoms with Gasteiger partial charge >= 0.3 is 0 Å². The highest BCUT2D eigenvalue weighted by atomic mass is 35.5. The summed E-state index contributed by atoms with van der Waals surface area (Å²) in [7, 11) is 0. The van der Waals surface area contributed by atoms with Crippen molar-refractivity contribution in [2.75, 3.05) is 5.32 Å². The summed E-state index contributed by atoms with van der Waals surface area (Å²) in [6.45, 7) is 4.09. The van der Waals surface area contributed by atoms with Gasteiger partial charge in [-0.1, -0.05) is 37.6 Å². The average molecular weight is 432 g/mol. The lowest BCUT2D eigenvalue weighted by atomic mass is 9.84. The molecule has 6 nitrogen and oxygen atoms in total. The van der Waals surface area contributed by atoms with Crippen LogP contribution in [0.15, 0.2) is 52.5 Å². The van der Waals surface area contributed by atoms with E-state index in [4.69, 9.17) is 16.0 Å². The lowest BCUT2D eigenvalue weighted by Crippen LogP contribution is -2.45. The topological polar surface area (TPSA) is 84.2 Å². The first-order valence-electron chi connectivity index (χ1n) is 9.32. The smallest absolute Gasteiger partial charge is 0.293 e. The molecular weight excluding hydrogens is 410 g/mol. The molecule has 0 bridgehead atoms. The zero-order valence-corrected chi connectivity index (χ0v) is 17.8. The minimum atomic E-state index is -0.464. The number of hydrogen-bond acceptors (Lipinski definition) is 5. The van der Waals surface area contributed by atoms with Gasteiger partial charge in [-0.25, -0.2) is 4.98 Å². The van der Waals surface area contributed by atoms with E-state index >= 15 is 0 Å². The predicted octanol–water partition coefficient (Wildman–Crippen LogP) is 5.02. The SMILES string of the molecule is CCC(CC)(NC(=O)Cc1csc(NC(=O)c2ccco2)n1)c1ccc(Cl)cc1. The van der Waals surface area contributed by atoms with Crippen molar-refractivity contribution in [2.45, 2.75) is 38.6 Å². The summed E-state index contributed by atoms with van der Waals surface area (Å²) in [5, 5.41) is 8.68. The van der Waals surface area contributed by atoms with E-state index in [2.05, 4.69) is 15.6 Å². The molecule has 29 heavy (non-hydrogen) atoms. The third-order valence-corrected chi connectivity index (χ3v) is 5.90. The highest BCUT2D eigenvalue weighted by Gasteiger charge is 2.30. The van der Waals surface area contributed by atoms with E-state index in [0.717, 1.165) is 18.4 Å². The van der Waals surface area contributed by atoms with Crippen molar-refractivity contribution in [3.05, 3.63) is 70.1 Å². The van der Waals surface area contributed by atoms with Crippen LogP contribution < -0.4 is 10.6 Å². The number of furan rings is 1. The van der Waals surface area contributed by atoms with Crippen molar-refractivity contribution in [1.82, 2.24) is 10.3 Å². The molecule has 3 rings (SSSR count). The number of carbonyl (C=O) groups is 2. The second-order valence-electron chi connectivity index (χ2n) is 6.60. The highest BCUT2D eigenvalue weighted by Crippen LogP contribution is 2.30. The number of nitrogens with zero attached hydrogens (tertiary/aromatic N) is 1. The number of hydrogen-bond donors (Lipinski definition) is 2. The maximum Gasteiger partial charge on any atom is 0.293 e. The molecule has 0 saturated carbocycles. The molecule has 2 heterocycles. The third-order valence-electron chi connectivity index (χ3n) is 4.84. The molecule has 3 aromatic rings. The molecule has 0 spiro atoms. The number of halogens is 1. The predicted molar refractivity (Wildman–Crippen MR) is 114 cm³/mol. The van der Waals surface area contributed by atoms with Gasteiger partial charge in [0, 0.05) is 10.4 Å². The maximum atomic E-state index is 12.7. The highest BCUT2D eigenvalue weighted by molar-refractivity contribution is 7.14. The van der Waals surface area contributed by atoms with E-state index in [1.807, 2.05) is 38.1 Å². The van der Waals surface area contributed by atoms with Crippen LogP contribution in [-0.2, 0) is 16.8 Å². The van der Waals surface area contributed by atoms with E-state index in [1.54, 1.807) is 17.5 Å². The maximum absolute atomic E-state index is 12.7. The fourth-order valence-electron chi connectivity index (χ4n) is 3.16. The Kier molecular flexibility index (Phi) is 6.71. The molecule has 0 unspecified atom stereocenters. The Bertz CT molecular complexity index is 963. The quantitative estimate of drug-likeness (QED) is 0.524. The van der Waals surface area contributed by atoms with Gasteiger partial charge in [-0.3, -0.25) is 14.9 Å². The van der Waals surface area contributed by atoms with Gasteiger partial charge < -0.3 is 9.73 Å². The van der Waals surface area contributed by atoms with Crippen LogP contribution in [0.2, 0.25) is 5.02 Å². The summed E-state index contributed by atoms with van der Waals surface area (Å²) in [6.07, 6.45) is 3.06. The Hall–Kier alpha value is -2.64. The van der Waals surface area contributed by atoms with Crippen molar-refractivity contribution >= 4 is 39.9 Å². The summed E-state index contributed by atoms with van der Waals surface area (Å²) >= 11 is 7.27. The number of nitrogens with one attached hydrogen (secondary N) is 2. The van der Waals surface area contributed by atoms with Crippen LogP contribution in [0.3, 0.4) is 0 Å². The molecule has 0 saturated heterocycles. The van der Waals surface area contributed by atoms with Gasteiger partial charge in [-0.2, -0.15) is 0 Å². The lowest BCUT2D eigenvalue weighted by Gasteiger charge is -2.33. The summed E-state index contributed by atoms with van der Waals surface area (Å²) < 4.78 is 5.06. The Morgan fingerprint density at radius 1 is 1.17 bits per heavy atom. The van der Waals surface area contributed by atoms with E-state index in [1.165, 1.54) is 17.6 Å². The number of carbonyl (C=O) groups excluding carboxylic acids is 2. The van der Waals surface area contributed by atoms with Gasteiger partial charge in [-0.05, 0) is 42.7 Å². The minimum Gasteiger partial charge on any atom is -0.459 e. The Morgan fingerprint density at radius 3 is 2.52 bits per heavy atom. The minimum absolute atomic E-state index is 0.127. The van der Waals surface area contributed by atoms with Crippen LogP contribution in [0, 0.1) is 0 Å². The number of amides is 2. The van der Waals surface area contributed by atoms with Crippen LogP contribution in [0.25, 0.3) is 0 Å². The number of thiazole rings is 1. The molecule has 2 aromatic heterocycles. The monoisotopic (exact) mass is 431 g/mol. The number of benzene rings is 1. The molecule has 0 aliphatic heterocycles. The van der Waals surface area contributed by atoms with Crippen molar-refractivity contribution in [3.63, 3.8) is 0 Å². The van der Waals surface area contributed by atoms with Gasteiger partial charge in [0.25, 0.3) is 5.91 Å². The van der Waals surface area contributed by atoms with E-state index in [-0.39, 0.29) is 24.0 Å². The molecule has 152 valence electrons. The second kappa shape index (κ2) is 9.24. The van der Waals surface area contributed by atoms with Gasteiger partial charge in [0.2, 0.25) is 5.91 Å². The first-order chi connectivity index (χ1) is 14.0. The molecule has 8 heteroatoms. The molecular formula is C21H22ClN3O3S. The average Bonchev–Trinajstić information content (AvgIpc) is 3.39. The standard InChI is InChI=1S/C21H22ClN3O3S/c1-3-21(4-2,14-7-9-15(22)10-8-14)25-18(26)12-16-13-29-20(23-16)24-19(27)17-6-5-11-28-17/h5-11,13H,3-4,12H2,1-2H3,(H,25,26)(H,23,24,27). The van der Waals surface area contributed by atoms with Gasteiger partial charge in [0.05, 0.1) is 23.9 Å². The molecule has 0 radical (unpaired) electrons. The van der Waals surface area contributed by atoms with E-state index in [0.29, 0.717) is 15.8 Å². The molecule has 0 aliphatic carbocycles. The summed E-state index contributed by atoms with van der Waals surface area (Å²) in [5.74, 6) is -0.296. The first-order valence-corrected chi connectivity index (χ1v) is 10.6. The van der Waals surface area contributed by atoms with Crippen LogP contribution >= 0.6 is 22.9 Å². The van der Waals surface area contributed by atoms with Crippen LogP contribution in [0.4, 0.5) is 5.13 Å². The molecule has 2 amide bonds. The molecule has 0 fully saturated rings. The summed E-state index contributed by atoms with van der Waals surface area (Å²) in [6, 6.07) is 10.8. The van der Waals surface area contributed by atoms with Gasteiger partial charge in [-0.15, -0.1) is 11.3 Å². The number of rotatable bonds is 8. The molecule has 0 atom stereocenters. The van der Waals surface area contributed by atoms with Gasteiger partial charge in [0.15, 0.2) is 10.9 Å². The van der Waals surface area contributed by atoms with Crippen molar-refractivity contribution in [3.8, 4) is 0 Å². The number of anilines is 1. The fraction of sp³-hybridized carbons (Fsp3) is 0.286. The zero-order valence-electron chi connectivity index (χ0n) is 16.2. The van der Waals surface area contributed by atoms with Crippen molar-refractivity contribution in [1.29, 1.82) is 0 Å². The molecule has 2 N–H and O–H groups in total. The Morgan fingerprint density at radius 2 is 1.90 bits per heavy atom. The fourth-order valence-corrected chi connectivity index (χ4v) is 4.00. The summed E-state index contributed by atoms with van der Waals surface area (Å²) in [4.78, 5) is 29.1. The van der Waals surface area contributed by atoms with Crippen LogP contribution in [0.1, 0.15) is 48.5 Å². The summed E-state index contributed by atoms with van der Waals surface area (Å²) in [5.41, 5.74) is 1.15. The van der Waals surface area contributed by atoms with Crippen LogP contribution in [0.5, 0.6) is 0 Å². The van der Waals surface area contributed by atoms with Crippen LogP contribution in [-0.4, -0.2) is 16.8 Å². The Labute approximate surface area is 178 Å². The van der Waals surface area contributed by atoms with Gasteiger partial charge in [0.1, 0.15) is 0 Å². The van der Waals surface area contributed by atoms with Crippen molar-refractivity contribution < 1.29 is 14.0 Å². The largest absolute Gasteiger partial charge is 0.459 e. The Balaban J connectivity index is 1.65. The second-order valence-corrected chi connectivity index (χ2v) is 7.89. The van der Waals surface area contributed by atoms with E-state index < -0.39 is 5.54 Å². The molecule has 0 aliphatic rings. The first kappa shape index (κ1) is 21.1. The number of aromatic nitrogens is 1. The normalized spacial score (nSPS) is 11.3. The third kappa shape index (κ3) is 5.05. The zero-order chi connectivity index (χ0) is 20.9. The van der Waals surface area contributed by atoms with Crippen molar-refractivity contribution in [2.24, 2.45) is 0 Å². The van der Waals surface area contributed by atoms with E-state index in [9.17, 15) is 9.59 Å². The lowest BCUT2D eigenvalue weighted by molar-refractivity contribution is -0.122.